The van der Waals surface area contributed by atoms with Crippen molar-refractivity contribution in [1.29, 1.82) is 0 Å². The van der Waals surface area contributed by atoms with E-state index in [1.807, 2.05) is 49.1 Å². The molecule has 4 aromatic heterocycles. The van der Waals surface area contributed by atoms with Crippen molar-refractivity contribution in [2.75, 3.05) is 13.1 Å². The van der Waals surface area contributed by atoms with Crippen LogP contribution in [0.1, 0.15) is 124 Å². The summed E-state index contributed by atoms with van der Waals surface area (Å²) in [6.07, 6.45) is 25.4. The third-order valence-electron chi connectivity index (χ3n) is 12.3. The second-order valence-corrected chi connectivity index (χ2v) is 16.6. The monoisotopic (exact) mass is 785 g/mol. The number of unbranched alkanes of at least 4 members (excludes halogenated alkanes) is 10. The second-order valence-electron chi connectivity index (χ2n) is 16.6. The maximum absolute atomic E-state index is 4.60. The fourth-order valence-electron chi connectivity index (χ4n) is 9.33. The van der Waals surface area contributed by atoms with E-state index >= 15 is 0 Å². The van der Waals surface area contributed by atoms with Gasteiger partial charge in [-0.2, -0.15) is 0 Å². The molecule has 0 aliphatic heterocycles. The highest BCUT2D eigenvalue weighted by Crippen LogP contribution is 2.54. The number of hydrogen-bond acceptors (Lipinski definition) is 6. The Morgan fingerprint density at radius 2 is 0.627 bits per heavy atom. The summed E-state index contributed by atoms with van der Waals surface area (Å²) in [4.78, 5) is 23.4. The van der Waals surface area contributed by atoms with Gasteiger partial charge in [-0.1, -0.05) is 137 Å². The van der Waals surface area contributed by atoms with Crippen molar-refractivity contribution < 1.29 is 0 Å². The third kappa shape index (κ3) is 12.5. The largest absolute Gasteiger partial charge is 0.292 e. The second kappa shape index (κ2) is 22.9. The summed E-state index contributed by atoms with van der Waals surface area (Å²) in [6.45, 7) is 5.59. The first-order valence-corrected chi connectivity index (χ1v) is 22.5. The van der Waals surface area contributed by atoms with Gasteiger partial charge >= 0.3 is 0 Å². The zero-order chi connectivity index (χ0) is 40.2. The van der Waals surface area contributed by atoms with E-state index in [1.165, 1.54) is 101 Å². The Balaban J connectivity index is 0.864. The Morgan fingerprint density at radius 3 is 0.966 bits per heavy atom. The standard InChI is InChI=1S/C53H64N6/c1(3-7-23-39-58(41-45-25-13-19-35-54-45)42-46-26-14-20-36-55-46)5-17-33-53(51-31-11-9-29-49(51)50-30-10-12-32-52(50)53)34-18-6-2-4-8-24-40-59(43-47-27-15-21-37-56-47)44-48-28-16-22-38-57-48/h9-16,19-22,25-32,35-38H,1-8,17-18,23-24,33-34,39-44H2. The molecular weight excluding hydrogens is 721 g/mol. The van der Waals surface area contributed by atoms with Crippen molar-refractivity contribution in [3.8, 4) is 11.1 Å². The maximum Gasteiger partial charge on any atom is 0.0544 e. The summed E-state index contributed by atoms with van der Waals surface area (Å²) in [5.74, 6) is 0. The number of fused-ring (bicyclic) bond motifs is 3. The Morgan fingerprint density at radius 1 is 0.322 bits per heavy atom. The van der Waals surface area contributed by atoms with Gasteiger partial charge in [-0.3, -0.25) is 29.7 Å². The Labute approximate surface area is 354 Å². The number of nitrogens with zero attached hydrogens (tertiary/aromatic N) is 6. The van der Waals surface area contributed by atoms with Gasteiger partial charge in [-0.05, 0) is 110 Å². The van der Waals surface area contributed by atoms with Gasteiger partial charge < -0.3 is 0 Å². The van der Waals surface area contributed by atoms with Gasteiger partial charge in [0.1, 0.15) is 0 Å². The Kier molecular flexibility index (Phi) is 16.4. The number of aromatic nitrogens is 4. The average Bonchev–Trinajstić information content (AvgIpc) is 3.56. The molecule has 7 rings (SSSR count). The summed E-state index contributed by atoms with van der Waals surface area (Å²) in [6, 6.07) is 43.5. The van der Waals surface area contributed by atoms with Crippen molar-refractivity contribution >= 4 is 0 Å². The number of pyridine rings is 4. The molecular formula is C53H64N6. The molecule has 0 unspecified atom stereocenters. The minimum atomic E-state index is 0.127. The number of rotatable bonds is 26. The lowest BCUT2D eigenvalue weighted by atomic mass is 9.70. The predicted octanol–water partition coefficient (Wildman–Crippen LogP) is 12.4. The molecule has 306 valence electrons. The van der Waals surface area contributed by atoms with E-state index < -0.39 is 0 Å². The summed E-state index contributed by atoms with van der Waals surface area (Å²) in [7, 11) is 0. The van der Waals surface area contributed by atoms with E-state index in [4.69, 9.17) is 0 Å². The van der Waals surface area contributed by atoms with Gasteiger partial charge in [0.05, 0.1) is 22.8 Å². The molecule has 2 aromatic carbocycles. The Bertz CT molecular complexity index is 1820. The maximum atomic E-state index is 4.60. The molecule has 4 heterocycles. The van der Waals surface area contributed by atoms with Crippen LogP contribution in [0.5, 0.6) is 0 Å². The first-order valence-electron chi connectivity index (χ1n) is 22.5. The zero-order valence-electron chi connectivity index (χ0n) is 35.2. The first kappa shape index (κ1) is 42.1. The molecule has 0 N–H and O–H groups in total. The average molecular weight is 785 g/mol. The van der Waals surface area contributed by atoms with Crippen LogP contribution in [0.25, 0.3) is 11.1 Å². The van der Waals surface area contributed by atoms with Crippen molar-refractivity contribution in [3.05, 3.63) is 180 Å². The molecule has 0 amide bonds. The van der Waals surface area contributed by atoms with Crippen LogP contribution in [0.3, 0.4) is 0 Å². The molecule has 0 atom stereocenters. The normalized spacial score (nSPS) is 12.8. The van der Waals surface area contributed by atoms with Crippen LogP contribution in [-0.4, -0.2) is 42.8 Å². The molecule has 0 saturated carbocycles. The fraction of sp³-hybridized carbons (Fsp3) is 0.396. The van der Waals surface area contributed by atoms with E-state index in [-0.39, 0.29) is 5.41 Å². The molecule has 0 radical (unpaired) electrons. The summed E-state index contributed by atoms with van der Waals surface area (Å²) in [5.41, 5.74) is 10.7. The SMILES string of the molecule is c1ccc(CN(CCCCCCCCC2(CCCCCCCCN(Cc3ccccn3)Cc3ccccn3)c3ccccc3-c3ccccc32)Cc2ccccn2)nc1. The van der Waals surface area contributed by atoms with Crippen molar-refractivity contribution in [2.45, 2.75) is 121 Å². The van der Waals surface area contributed by atoms with E-state index in [0.717, 1.165) is 62.0 Å². The topological polar surface area (TPSA) is 58.0 Å². The van der Waals surface area contributed by atoms with Crippen molar-refractivity contribution in [2.24, 2.45) is 0 Å². The molecule has 1 aliphatic rings. The van der Waals surface area contributed by atoms with E-state index in [9.17, 15) is 0 Å². The number of hydrogen-bond donors (Lipinski definition) is 0. The molecule has 0 saturated heterocycles. The molecule has 6 nitrogen and oxygen atoms in total. The van der Waals surface area contributed by atoms with Crippen LogP contribution in [-0.2, 0) is 31.6 Å². The smallest absolute Gasteiger partial charge is 0.0544 e. The summed E-state index contributed by atoms with van der Waals surface area (Å²) in [5, 5.41) is 0. The fourth-order valence-corrected chi connectivity index (χ4v) is 9.33. The molecule has 0 bridgehead atoms. The highest BCUT2D eigenvalue weighted by Gasteiger charge is 2.41. The van der Waals surface area contributed by atoms with Crippen LogP contribution >= 0.6 is 0 Å². The first-order chi connectivity index (χ1) is 29.3. The van der Waals surface area contributed by atoms with Gasteiger partial charge in [0.2, 0.25) is 0 Å². The summed E-state index contributed by atoms with van der Waals surface area (Å²) >= 11 is 0. The van der Waals surface area contributed by atoms with Gasteiger partial charge in [-0.25, -0.2) is 0 Å². The molecule has 6 aromatic rings. The molecule has 0 spiro atoms. The van der Waals surface area contributed by atoms with E-state index in [1.54, 1.807) is 11.1 Å². The van der Waals surface area contributed by atoms with Crippen LogP contribution in [0, 0.1) is 0 Å². The molecule has 0 fully saturated rings. The molecule has 59 heavy (non-hydrogen) atoms. The van der Waals surface area contributed by atoms with E-state index in [2.05, 4.69) is 127 Å². The number of benzene rings is 2. The third-order valence-corrected chi connectivity index (χ3v) is 12.3. The van der Waals surface area contributed by atoms with Gasteiger partial charge in [0.25, 0.3) is 0 Å². The lowest BCUT2D eigenvalue weighted by Gasteiger charge is -2.33. The van der Waals surface area contributed by atoms with Gasteiger partial charge in [0.15, 0.2) is 0 Å². The van der Waals surface area contributed by atoms with Crippen LogP contribution in [0.4, 0.5) is 0 Å². The van der Waals surface area contributed by atoms with E-state index in [0.29, 0.717) is 0 Å². The van der Waals surface area contributed by atoms with Crippen LogP contribution in [0.2, 0.25) is 0 Å². The van der Waals surface area contributed by atoms with Crippen LogP contribution < -0.4 is 0 Å². The predicted molar refractivity (Wildman–Crippen MR) is 242 cm³/mol. The van der Waals surface area contributed by atoms with Crippen molar-refractivity contribution in [3.63, 3.8) is 0 Å². The highest BCUT2D eigenvalue weighted by molar-refractivity contribution is 5.81. The quantitative estimate of drug-likeness (QED) is 0.0511. The summed E-state index contributed by atoms with van der Waals surface area (Å²) < 4.78 is 0. The van der Waals surface area contributed by atoms with Gasteiger partial charge in [-0.15, -0.1) is 0 Å². The lowest BCUT2D eigenvalue weighted by Crippen LogP contribution is -2.25. The Hall–Kier alpha value is -5.04. The lowest BCUT2D eigenvalue weighted by molar-refractivity contribution is 0.244. The molecule has 6 heteroatoms. The van der Waals surface area contributed by atoms with Gasteiger partial charge in [0, 0.05) is 56.4 Å². The minimum absolute atomic E-state index is 0.127. The van der Waals surface area contributed by atoms with Crippen LogP contribution in [0.15, 0.2) is 146 Å². The minimum Gasteiger partial charge on any atom is -0.292 e. The highest BCUT2D eigenvalue weighted by atomic mass is 15.1. The zero-order valence-corrected chi connectivity index (χ0v) is 35.2. The van der Waals surface area contributed by atoms with Crippen molar-refractivity contribution in [1.82, 2.24) is 29.7 Å². The molecule has 1 aliphatic carbocycles.